The van der Waals surface area contributed by atoms with Crippen molar-refractivity contribution < 1.29 is 9.47 Å². The number of para-hydroxylation sites is 1. The van der Waals surface area contributed by atoms with Gasteiger partial charge >= 0.3 is 0 Å². The number of aryl methyl sites for hydroxylation is 2. The lowest BCUT2D eigenvalue weighted by Gasteiger charge is -2.26. The summed E-state index contributed by atoms with van der Waals surface area (Å²) in [5, 5.41) is 7.83. The average Bonchev–Trinajstić information content (AvgIpc) is 3.08. The molecule has 2 N–H and O–H groups in total. The first kappa shape index (κ1) is 22.5. The van der Waals surface area contributed by atoms with Crippen molar-refractivity contribution in [3.63, 3.8) is 0 Å². The van der Waals surface area contributed by atoms with E-state index in [0.29, 0.717) is 13.2 Å². The van der Waals surface area contributed by atoms with E-state index in [1.54, 1.807) is 11.3 Å². The van der Waals surface area contributed by atoms with Crippen LogP contribution < -0.4 is 15.4 Å². The topological polar surface area (TPSA) is 71.0 Å². The average molecular weight is 432 g/mol. The van der Waals surface area contributed by atoms with Gasteiger partial charge < -0.3 is 20.1 Å². The molecule has 1 saturated heterocycles. The largest absolute Gasteiger partial charge is 0.492 e. The molecule has 7 nitrogen and oxygen atoms in total. The molecule has 0 aliphatic carbocycles. The lowest BCUT2D eigenvalue weighted by atomic mass is 10.2. The van der Waals surface area contributed by atoms with Gasteiger partial charge in [-0.05, 0) is 26.8 Å². The van der Waals surface area contributed by atoms with E-state index >= 15 is 0 Å². The van der Waals surface area contributed by atoms with Gasteiger partial charge in [0.15, 0.2) is 5.96 Å². The van der Waals surface area contributed by atoms with Gasteiger partial charge in [-0.15, -0.1) is 11.3 Å². The molecule has 0 spiro atoms. The van der Waals surface area contributed by atoms with Gasteiger partial charge in [0.1, 0.15) is 12.4 Å². The van der Waals surface area contributed by atoms with Crippen LogP contribution in [0.5, 0.6) is 5.75 Å². The number of guanidine groups is 1. The zero-order valence-corrected chi connectivity index (χ0v) is 19.1. The minimum Gasteiger partial charge on any atom is -0.492 e. The third-order valence-electron chi connectivity index (χ3n) is 4.91. The lowest BCUT2D eigenvalue weighted by molar-refractivity contribution is 0.0322. The van der Waals surface area contributed by atoms with Crippen molar-refractivity contribution in [2.24, 2.45) is 4.99 Å². The predicted octanol–water partition coefficient (Wildman–Crippen LogP) is 2.73. The second kappa shape index (κ2) is 11.9. The van der Waals surface area contributed by atoms with E-state index < -0.39 is 0 Å². The predicted molar refractivity (Wildman–Crippen MR) is 122 cm³/mol. The second-order valence-electron chi connectivity index (χ2n) is 7.20. The number of hydrogen-bond donors (Lipinski definition) is 2. The SMILES string of the molecule is CCNC(=NCc1ccccc1OCCN1CCOCC1)NCc1sc(C)nc1C. The number of rotatable bonds is 9. The number of thiazole rings is 1. The maximum absolute atomic E-state index is 6.08. The first-order valence-electron chi connectivity index (χ1n) is 10.6. The van der Waals surface area contributed by atoms with E-state index in [1.807, 2.05) is 25.1 Å². The fraction of sp³-hybridized carbons (Fsp3) is 0.545. The molecule has 0 radical (unpaired) electrons. The van der Waals surface area contributed by atoms with Gasteiger partial charge in [0.05, 0.1) is 37.0 Å². The Bertz CT molecular complexity index is 818. The highest BCUT2D eigenvalue weighted by Crippen LogP contribution is 2.19. The summed E-state index contributed by atoms with van der Waals surface area (Å²) in [4.78, 5) is 12.9. The zero-order valence-electron chi connectivity index (χ0n) is 18.2. The monoisotopic (exact) mass is 431 g/mol. The molecule has 1 aliphatic rings. The molecular weight excluding hydrogens is 398 g/mol. The Balaban J connectivity index is 1.55. The van der Waals surface area contributed by atoms with Crippen molar-refractivity contribution in [1.82, 2.24) is 20.5 Å². The highest BCUT2D eigenvalue weighted by atomic mass is 32.1. The molecule has 0 amide bonds. The fourth-order valence-corrected chi connectivity index (χ4v) is 4.17. The lowest BCUT2D eigenvalue weighted by Crippen LogP contribution is -2.38. The molecule has 1 fully saturated rings. The Hall–Kier alpha value is -2.16. The van der Waals surface area contributed by atoms with Crippen molar-refractivity contribution in [2.75, 3.05) is 46.0 Å². The number of nitrogens with one attached hydrogen (secondary N) is 2. The van der Waals surface area contributed by atoms with Crippen LogP contribution in [0.1, 0.15) is 28.1 Å². The summed E-state index contributed by atoms with van der Waals surface area (Å²) in [5.74, 6) is 1.70. The van der Waals surface area contributed by atoms with Crippen LogP contribution in [-0.4, -0.2) is 61.8 Å². The number of ether oxygens (including phenoxy) is 2. The first-order chi connectivity index (χ1) is 14.7. The van der Waals surface area contributed by atoms with Crippen LogP contribution in [0, 0.1) is 13.8 Å². The van der Waals surface area contributed by atoms with E-state index in [-0.39, 0.29) is 0 Å². The van der Waals surface area contributed by atoms with Crippen molar-refractivity contribution >= 4 is 17.3 Å². The first-order valence-corrected chi connectivity index (χ1v) is 11.4. The number of morpholine rings is 1. The summed E-state index contributed by atoms with van der Waals surface area (Å²) in [6.45, 7) is 13.4. The number of aromatic nitrogens is 1. The highest BCUT2D eigenvalue weighted by Gasteiger charge is 2.11. The van der Waals surface area contributed by atoms with Crippen LogP contribution in [0.3, 0.4) is 0 Å². The molecule has 0 atom stereocenters. The van der Waals surface area contributed by atoms with Crippen LogP contribution in [0.15, 0.2) is 29.3 Å². The highest BCUT2D eigenvalue weighted by molar-refractivity contribution is 7.11. The van der Waals surface area contributed by atoms with Crippen molar-refractivity contribution in [3.8, 4) is 5.75 Å². The fourth-order valence-electron chi connectivity index (χ4n) is 3.29. The summed E-state index contributed by atoms with van der Waals surface area (Å²) in [5.41, 5.74) is 2.17. The molecular formula is C22H33N5O2S. The second-order valence-corrected chi connectivity index (χ2v) is 8.49. The molecule has 1 aliphatic heterocycles. The van der Waals surface area contributed by atoms with Gasteiger partial charge in [0.25, 0.3) is 0 Å². The molecule has 8 heteroatoms. The number of nitrogens with zero attached hydrogens (tertiary/aromatic N) is 3. The molecule has 0 bridgehead atoms. The van der Waals surface area contributed by atoms with Crippen LogP contribution in [-0.2, 0) is 17.8 Å². The van der Waals surface area contributed by atoms with E-state index in [0.717, 1.165) is 73.9 Å². The molecule has 0 saturated carbocycles. The third kappa shape index (κ3) is 6.97. The Morgan fingerprint density at radius 3 is 2.77 bits per heavy atom. The number of hydrogen-bond acceptors (Lipinski definition) is 6. The molecule has 164 valence electrons. The van der Waals surface area contributed by atoms with Gasteiger partial charge in [0.2, 0.25) is 0 Å². The quantitative estimate of drug-likeness (QED) is 0.470. The van der Waals surface area contributed by atoms with E-state index in [2.05, 4.69) is 40.4 Å². The Kier molecular flexibility index (Phi) is 8.92. The molecule has 1 aromatic heterocycles. The van der Waals surface area contributed by atoms with E-state index in [9.17, 15) is 0 Å². The van der Waals surface area contributed by atoms with Crippen LogP contribution >= 0.6 is 11.3 Å². The maximum Gasteiger partial charge on any atom is 0.191 e. The minimum atomic E-state index is 0.559. The number of aliphatic imine (C=N–C) groups is 1. The summed E-state index contributed by atoms with van der Waals surface area (Å²) < 4.78 is 11.5. The summed E-state index contributed by atoms with van der Waals surface area (Å²) >= 11 is 1.72. The molecule has 30 heavy (non-hydrogen) atoms. The van der Waals surface area contributed by atoms with Crippen molar-refractivity contribution in [1.29, 1.82) is 0 Å². The van der Waals surface area contributed by atoms with Crippen LogP contribution in [0.4, 0.5) is 0 Å². The van der Waals surface area contributed by atoms with Gasteiger partial charge in [0, 0.05) is 36.6 Å². The van der Waals surface area contributed by atoms with Gasteiger partial charge in [-0.3, -0.25) is 4.90 Å². The molecule has 2 heterocycles. The number of benzene rings is 1. The zero-order chi connectivity index (χ0) is 21.2. The molecule has 3 rings (SSSR count). The Labute approximate surface area is 183 Å². The third-order valence-corrected chi connectivity index (χ3v) is 5.98. The molecule has 1 aromatic carbocycles. The van der Waals surface area contributed by atoms with E-state index in [1.165, 1.54) is 4.88 Å². The van der Waals surface area contributed by atoms with Crippen LogP contribution in [0.2, 0.25) is 0 Å². The molecule has 2 aromatic rings. The van der Waals surface area contributed by atoms with E-state index in [4.69, 9.17) is 14.5 Å². The Morgan fingerprint density at radius 2 is 2.03 bits per heavy atom. The van der Waals surface area contributed by atoms with Crippen molar-refractivity contribution in [2.45, 2.75) is 33.9 Å². The Morgan fingerprint density at radius 1 is 1.23 bits per heavy atom. The maximum atomic E-state index is 6.08. The van der Waals surface area contributed by atoms with Crippen molar-refractivity contribution in [3.05, 3.63) is 45.4 Å². The van der Waals surface area contributed by atoms with Crippen LogP contribution in [0.25, 0.3) is 0 Å². The van der Waals surface area contributed by atoms with Gasteiger partial charge in [-0.1, -0.05) is 18.2 Å². The minimum absolute atomic E-state index is 0.559. The normalized spacial score (nSPS) is 15.2. The van der Waals surface area contributed by atoms with Gasteiger partial charge in [-0.25, -0.2) is 9.98 Å². The summed E-state index contributed by atoms with van der Waals surface area (Å²) in [6, 6.07) is 8.14. The van der Waals surface area contributed by atoms with Gasteiger partial charge in [-0.2, -0.15) is 0 Å². The summed E-state index contributed by atoms with van der Waals surface area (Å²) in [6.07, 6.45) is 0. The summed E-state index contributed by atoms with van der Waals surface area (Å²) in [7, 11) is 0. The molecule has 0 unspecified atom stereocenters. The smallest absolute Gasteiger partial charge is 0.191 e. The standard InChI is InChI=1S/C22H33N5O2S/c1-4-23-22(25-16-21-17(2)26-18(3)30-21)24-15-19-7-5-6-8-20(19)29-14-11-27-9-12-28-13-10-27/h5-8H,4,9-16H2,1-3H3,(H2,23,24,25).